The van der Waals surface area contributed by atoms with Gasteiger partial charge in [-0.15, -0.1) is 0 Å². The van der Waals surface area contributed by atoms with E-state index in [0.29, 0.717) is 22.7 Å². The van der Waals surface area contributed by atoms with Gasteiger partial charge in [-0.05, 0) is 31.2 Å². The van der Waals surface area contributed by atoms with Gasteiger partial charge in [-0.2, -0.15) is 5.10 Å². The van der Waals surface area contributed by atoms with E-state index >= 15 is 4.39 Å². The molecule has 0 radical (unpaired) electrons. The molecule has 4 rings (SSSR count). The lowest BCUT2D eigenvalue weighted by molar-refractivity contribution is 0.0986. The molecule has 0 saturated carbocycles. The maximum absolute atomic E-state index is 15.2. The molecule has 0 aliphatic rings. The van der Waals surface area contributed by atoms with Crippen LogP contribution in [0.2, 0.25) is 0 Å². The largest absolute Gasteiger partial charge is 0.393 e. The number of aliphatic hydroxyl groups excluding tert-OH is 1. The Kier molecular flexibility index (Phi) is 5.37. The topological polar surface area (TPSA) is 84.9 Å². The van der Waals surface area contributed by atoms with Crippen molar-refractivity contribution in [2.75, 3.05) is 13.2 Å². The second-order valence-electron chi connectivity index (χ2n) is 6.78. The summed E-state index contributed by atoms with van der Waals surface area (Å²) in [5, 5.41) is 17.5. The van der Waals surface area contributed by atoms with Gasteiger partial charge in [-0.3, -0.25) is 4.98 Å². The van der Waals surface area contributed by atoms with E-state index in [9.17, 15) is 4.39 Å². The fraction of sp³-hybridized carbons (Fsp3) is 0.238. The molecule has 1 aromatic carbocycles. The smallest absolute Gasteiger partial charge is 0.153 e. The first-order valence-corrected chi connectivity index (χ1v) is 9.36. The Morgan fingerprint density at radius 1 is 1.27 bits per heavy atom. The van der Waals surface area contributed by atoms with Gasteiger partial charge in [0.1, 0.15) is 29.6 Å². The number of imidazole rings is 1. The minimum atomic E-state index is -0.674. The van der Waals surface area contributed by atoms with Crippen LogP contribution >= 0.6 is 0 Å². The molecule has 0 saturated heterocycles. The van der Waals surface area contributed by atoms with Gasteiger partial charge in [-0.1, -0.05) is 12.1 Å². The van der Waals surface area contributed by atoms with Crippen LogP contribution in [0.15, 0.2) is 47.9 Å². The molecule has 3 heterocycles. The number of aromatic nitrogens is 4. The molecule has 154 valence electrons. The first-order valence-electron chi connectivity index (χ1n) is 9.36. The second-order valence-corrected chi connectivity index (χ2v) is 6.78. The molecular weight excluding hydrogens is 392 g/mol. The number of hydrogen-bond donors (Lipinski definition) is 1. The van der Waals surface area contributed by atoms with E-state index < -0.39 is 17.6 Å². The molecule has 0 bridgehead atoms. The lowest BCUT2D eigenvalue weighted by Gasteiger charge is -2.15. The summed E-state index contributed by atoms with van der Waals surface area (Å²) >= 11 is 0. The molecule has 30 heavy (non-hydrogen) atoms. The van der Waals surface area contributed by atoms with E-state index in [1.54, 1.807) is 44.3 Å². The van der Waals surface area contributed by atoms with Crippen LogP contribution in [0, 0.1) is 11.6 Å². The third-order valence-corrected chi connectivity index (χ3v) is 4.85. The van der Waals surface area contributed by atoms with E-state index in [4.69, 9.17) is 9.94 Å². The molecule has 3 aromatic heterocycles. The third kappa shape index (κ3) is 3.48. The number of rotatable bonds is 6. The van der Waals surface area contributed by atoms with Gasteiger partial charge in [-0.25, -0.2) is 18.3 Å². The number of pyridine rings is 1. The quantitative estimate of drug-likeness (QED) is 0.298. The zero-order valence-corrected chi connectivity index (χ0v) is 16.4. The molecule has 0 fully saturated rings. The van der Waals surface area contributed by atoms with E-state index in [2.05, 4.69) is 20.2 Å². The molecule has 9 heteroatoms. The summed E-state index contributed by atoms with van der Waals surface area (Å²) < 4.78 is 31.5. The van der Waals surface area contributed by atoms with Crippen molar-refractivity contribution in [3.8, 4) is 0 Å². The maximum Gasteiger partial charge on any atom is 0.153 e. The summed E-state index contributed by atoms with van der Waals surface area (Å²) in [6.45, 7) is 3.33. The third-order valence-electron chi connectivity index (χ3n) is 4.85. The van der Waals surface area contributed by atoms with Crippen molar-refractivity contribution in [3.05, 3.63) is 71.3 Å². The number of fused-ring (bicyclic) bond motifs is 2. The minimum absolute atomic E-state index is 0.0684. The Labute approximate surface area is 170 Å². The van der Waals surface area contributed by atoms with E-state index in [-0.39, 0.29) is 29.7 Å². The van der Waals surface area contributed by atoms with Gasteiger partial charge >= 0.3 is 0 Å². The normalized spacial score (nSPS) is 13.2. The van der Waals surface area contributed by atoms with Crippen LogP contribution in [0.5, 0.6) is 0 Å². The number of oxime groups is 1. The number of hydrogen-bond acceptors (Lipinski definition) is 6. The summed E-state index contributed by atoms with van der Waals surface area (Å²) in [6.07, 6.45) is 3.05. The Hall–Kier alpha value is -3.46. The van der Waals surface area contributed by atoms with Crippen molar-refractivity contribution < 1.29 is 18.7 Å². The van der Waals surface area contributed by atoms with Gasteiger partial charge in [0.05, 0.1) is 24.0 Å². The lowest BCUT2D eigenvalue weighted by atomic mass is 9.95. The van der Waals surface area contributed by atoms with Crippen LogP contribution in [0.3, 0.4) is 0 Å². The highest BCUT2D eigenvalue weighted by Gasteiger charge is 2.24. The average Bonchev–Trinajstić information content (AvgIpc) is 3.17. The Morgan fingerprint density at radius 2 is 2.10 bits per heavy atom. The van der Waals surface area contributed by atoms with Gasteiger partial charge < -0.3 is 9.94 Å². The molecule has 1 N–H and O–H groups in total. The monoisotopic (exact) mass is 411 g/mol. The Morgan fingerprint density at radius 3 is 2.90 bits per heavy atom. The van der Waals surface area contributed by atoms with Crippen LogP contribution in [0.1, 0.15) is 36.7 Å². The van der Waals surface area contributed by atoms with Crippen molar-refractivity contribution in [2.24, 2.45) is 5.16 Å². The predicted molar refractivity (Wildman–Crippen MR) is 107 cm³/mol. The summed E-state index contributed by atoms with van der Waals surface area (Å²) in [6, 6.07) is 7.88. The van der Waals surface area contributed by atoms with Crippen molar-refractivity contribution in [1.29, 1.82) is 0 Å². The summed E-state index contributed by atoms with van der Waals surface area (Å²) in [4.78, 5) is 13.3. The molecule has 1 atom stereocenters. The van der Waals surface area contributed by atoms with Crippen LogP contribution in [-0.4, -0.2) is 43.6 Å². The van der Waals surface area contributed by atoms with Crippen molar-refractivity contribution in [3.63, 3.8) is 0 Å². The highest BCUT2D eigenvalue weighted by Crippen LogP contribution is 2.32. The number of nitrogens with zero attached hydrogens (tertiary/aromatic N) is 5. The second kappa shape index (κ2) is 8.11. The first kappa shape index (κ1) is 19.8. The van der Waals surface area contributed by atoms with Crippen LogP contribution in [0.4, 0.5) is 8.78 Å². The van der Waals surface area contributed by atoms with Crippen LogP contribution < -0.4 is 0 Å². The molecule has 1 unspecified atom stereocenters. The fourth-order valence-electron chi connectivity index (χ4n) is 3.32. The highest BCUT2D eigenvalue weighted by molar-refractivity contribution is 5.96. The molecule has 0 spiro atoms. The fourth-order valence-corrected chi connectivity index (χ4v) is 3.32. The maximum atomic E-state index is 15.2. The summed E-state index contributed by atoms with van der Waals surface area (Å²) in [5.74, 6) is -1.98. The van der Waals surface area contributed by atoms with Crippen molar-refractivity contribution in [2.45, 2.75) is 19.8 Å². The van der Waals surface area contributed by atoms with Gasteiger partial charge in [0, 0.05) is 29.1 Å². The first-order chi connectivity index (χ1) is 14.5. The SMILES string of the molecule is C/C(=N\OCCO)c1ccc2ncc(C(C)c3c(F)cc4ncccc4c3F)n2n1. The Bertz CT molecular complexity index is 1260. The van der Waals surface area contributed by atoms with E-state index in [0.717, 1.165) is 0 Å². The van der Waals surface area contributed by atoms with Gasteiger partial charge in [0.15, 0.2) is 5.65 Å². The zero-order chi connectivity index (χ0) is 21.3. The van der Waals surface area contributed by atoms with Gasteiger partial charge in [0.2, 0.25) is 0 Å². The van der Waals surface area contributed by atoms with Crippen LogP contribution in [0.25, 0.3) is 16.6 Å². The van der Waals surface area contributed by atoms with Crippen molar-refractivity contribution in [1.82, 2.24) is 19.6 Å². The van der Waals surface area contributed by atoms with Gasteiger partial charge in [0.25, 0.3) is 0 Å². The van der Waals surface area contributed by atoms with Crippen LogP contribution in [-0.2, 0) is 4.84 Å². The number of halogens is 2. The predicted octanol–water partition coefficient (Wildman–Crippen LogP) is 3.44. The molecule has 4 aromatic rings. The van der Waals surface area contributed by atoms with E-state index in [1.165, 1.54) is 16.8 Å². The average molecular weight is 411 g/mol. The molecule has 0 amide bonds. The molecule has 7 nitrogen and oxygen atoms in total. The van der Waals surface area contributed by atoms with E-state index in [1.807, 2.05) is 0 Å². The number of benzene rings is 1. The number of aliphatic hydroxyl groups is 1. The summed E-state index contributed by atoms with van der Waals surface area (Å²) in [5.41, 5.74) is 2.25. The zero-order valence-electron chi connectivity index (χ0n) is 16.4. The Balaban J connectivity index is 1.79. The molecule has 0 aliphatic heterocycles. The lowest BCUT2D eigenvalue weighted by Crippen LogP contribution is -2.11. The van der Waals surface area contributed by atoms with Crippen molar-refractivity contribution >= 4 is 22.3 Å². The summed E-state index contributed by atoms with van der Waals surface area (Å²) in [7, 11) is 0. The molecular formula is C21H19F2N5O2. The standard InChI is InChI=1S/C21H19F2N5O2/c1-12(20-15(22)10-17-14(21(20)23)4-3-7-24-17)18-11-25-19-6-5-16(26-28(18)19)13(2)27-30-9-8-29/h3-7,10-12,29H,8-9H2,1-2H3/b27-13+. The minimum Gasteiger partial charge on any atom is -0.393 e. The molecule has 0 aliphatic carbocycles. The highest BCUT2D eigenvalue weighted by atomic mass is 19.1.